The molecule has 0 amide bonds. The number of hydrogen-bond acceptors (Lipinski definition) is 1. The average molecular weight is 149 g/mol. The van der Waals surface area contributed by atoms with Gasteiger partial charge in [-0.15, -0.1) is 0 Å². The Kier molecular flexibility index (Phi) is 2.36. The molecule has 2 nitrogen and oxygen atoms in total. The highest BCUT2D eigenvalue weighted by molar-refractivity contribution is 5.53. The monoisotopic (exact) mass is 149 g/mol. The SMILES string of the molecule is C[N]c1cccc(N(C)C)c1. The average Bonchev–Trinajstić information content (AvgIpc) is 2.05. The number of benzene rings is 1. The molecule has 0 saturated heterocycles. The van der Waals surface area contributed by atoms with Crippen molar-refractivity contribution >= 4 is 11.4 Å². The third-order valence-electron chi connectivity index (χ3n) is 1.60. The second-order valence-electron chi connectivity index (χ2n) is 2.64. The van der Waals surface area contributed by atoms with Crippen molar-refractivity contribution < 1.29 is 0 Å². The van der Waals surface area contributed by atoms with Crippen LogP contribution in [-0.2, 0) is 0 Å². The molecular formula is C9H13N2. The molecule has 11 heavy (non-hydrogen) atoms. The second kappa shape index (κ2) is 3.28. The summed E-state index contributed by atoms with van der Waals surface area (Å²) in [5.41, 5.74) is 2.21. The smallest absolute Gasteiger partial charge is 0.0591 e. The van der Waals surface area contributed by atoms with E-state index in [4.69, 9.17) is 0 Å². The second-order valence-corrected chi connectivity index (χ2v) is 2.64. The lowest BCUT2D eigenvalue weighted by Gasteiger charge is -2.12. The highest BCUT2D eigenvalue weighted by Crippen LogP contribution is 2.16. The minimum Gasteiger partial charge on any atom is -0.378 e. The Morgan fingerprint density at radius 1 is 1.27 bits per heavy atom. The van der Waals surface area contributed by atoms with E-state index in [1.807, 2.05) is 26.2 Å². The maximum absolute atomic E-state index is 4.09. The fourth-order valence-corrected chi connectivity index (χ4v) is 0.910. The molecule has 0 aliphatic rings. The molecule has 1 aromatic carbocycles. The van der Waals surface area contributed by atoms with E-state index in [0.29, 0.717) is 0 Å². The Morgan fingerprint density at radius 3 is 2.55 bits per heavy atom. The molecule has 0 aromatic heterocycles. The van der Waals surface area contributed by atoms with Crippen LogP contribution in [0.25, 0.3) is 0 Å². The van der Waals surface area contributed by atoms with Crippen LogP contribution in [0.3, 0.4) is 0 Å². The summed E-state index contributed by atoms with van der Waals surface area (Å²) in [5, 5.41) is 4.09. The summed E-state index contributed by atoms with van der Waals surface area (Å²) in [6.07, 6.45) is 0. The predicted molar refractivity (Wildman–Crippen MR) is 48.5 cm³/mol. The van der Waals surface area contributed by atoms with Crippen molar-refractivity contribution in [3.05, 3.63) is 24.3 Å². The molecule has 0 spiro atoms. The van der Waals surface area contributed by atoms with Gasteiger partial charge in [0.05, 0.1) is 5.69 Å². The zero-order chi connectivity index (χ0) is 8.27. The van der Waals surface area contributed by atoms with Gasteiger partial charge in [0.15, 0.2) is 0 Å². The summed E-state index contributed by atoms with van der Waals surface area (Å²) in [7, 11) is 5.85. The van der Waals surface area contributed by atoms with Gasteiger partial charge in [-0.3, -0.25) is 5.32 Å². The highest BCUT2D eigenvalue weighted by Gasteiger charge is 1.94. The van der Waals surface area contributed by atoms with E-state index >= 15 is 0 Å². The van der Waals surface area contributed by atoms with Gasteiger partial charge in [0, 0.05) is 26.8 Å². The fourth-order valence-electron chi connectivity index (χ4n) is 0.910. The topological polar surface area (TPSA) is 17.3 Å². The molecule has 0 unspecified atom stereocenters. The molecule has 1 aromatic rings. The van der Waals surface area contributed by atoms with Crippen molar-refractivity contribution in [2.24, 2.45) is 0 Å². The van der Waals surface area contributed by atoms with E-state index in [1.54, 1.807) is 7.05 Å². The molecule has 0 aliphatic carbocycles. The summed E-state index contributed by atoms with van der Waals surface area (Å²) in [6, 6.07) is 8.12. The van der Waals surface area contributed by atoms with E-state index in [-0.39, 0.29) is 0 Å². The van der Waals surface area contributed by atoms with Gasteiger partial charge in [0.2, 0.25) is 0 Å². The standard InChI is InChI=1S/C9H13N2/c1-10-8-5-4-6-9(7-8)11(2)3/h4-7H,1-3H3. The van der Waals surface area contributed by atoms with Crippen LogP contribution in [0.15, 0.2) is 24.3 Å². The molecule has 2 heteroatoms. The summed E-state index contributed by atoms with van der Waals surface area (Å²) in [4.78, 5) is 2.06. The molecule has 0 heterocycles. The van der Waals surface area contributed by atoms with Gasteiger partial charge >= 0.3 is 0 Å². The summed E-state index contributed by atoms with van der Waals surface area (Å²) in [5.74, 6) is 0. The fraction of sp³-hybridized carbons (Fsp3) is 0.333. The molecule has 1 rings (SSSR count). The first-order valence-corrected chi connectivity index (χ1v) is 3.61. The third kappa shape index (κ3) is 1.87. The van der Waals surface area contributed by atoms with Gasteiger partial charge in [0.1, 0.15) is 0 Å². The summed E-state index contributed by atoms with van der Waals surface area (Å²) >= 11 is 0. The zero-order valence-electron chi connectivity index (χ0n) is 7.20. The van der Waals surface area contributed by atoms with Crippen molar-refractivity contribution in [1.29, 1.82) is 0 Å². The van der Waals surface area contributed by atoms with Gasteiger partial charge in [-0.05, 0) is 18.2 Å². The van der Waals surface area contributed by atoms with Crippen LogP contribution < -0.4 is 10.2 Å². The molecule has 0 atom stereocenters. The van der Waals surface area contributed by atoms with Crippen LogP contribution in [0, 0.1) is 0 Å². The number of rotatable bonds is 2. The lowest BCUT2D eigenvalue weighted by molar-refractivity contribution is 1.07. The first kappa shape index (κ1) is 7.92. The maximum atomic E-state index is 4.09. The van der Waals surface area contributed by atoms with E-state index in [1.165, 1.54) is 5.69 Å². The highest BCUT2D eigenvalue weighted by atomic mass is 15.1. The van der Waals surface area contributed by atoms with Gasteiger partial charge < -0.3 is 4.90 Å². The maximum Gasteiger partial charge on any atom is 0.0591 e. The third-order valence-corrected chi connectivity index (χ3v) is 1.60. The first-order valence-electron chi connectivity index (χ1n) is 3.61. The van der Waals surface area contributed by atoms with Gasteiger partial charge in [-0.2, -0.15) is 0 Å². The number of anilines is 1. The van der Waals surface area contributed by atoms with E-state index < -0.39 is 0 Å². The molecule has 1 radical (unpaired) electrons. The van der Waals surface area contributed by atoms with Crippen molar-refractivity contribution in [3.8, 4) is 0 Å². The lowest BCUT2D eigenvalue weighted by atomic mass is 10.2. The molecule has 0 bridgehead atoms. The van der Waals surface area contributed by atoms with Gasteiger partial charge in [0.25, 0.3) is 0 Å². The van der Waals surface area contributed by atoms with E-state index in [0.717, 1.165) is 5.69 Å². The van der Waals surface area contributed by atoms with Crippen molar-refractivity contribution in [2.75, 3.05) is 26.0 Å². The summed E-state index contributed by atoms with van der Waals surface area (Å²) < 4.78 is 0. The van der Waals surface area contributed by atoms with Gasteiger partial charge in [-0.1, -0.05) is 6.07 Å². The van der Waals surface area contributed by atoms with Crippen LogP contribution in [0.5, 0.6) is 0 Å². The Morgan fingerprint density at radius 2 is 2.00 bits per heavy atom. The minimum absolute atomic E-state index is 1.02. The van der Waals surface area contributed by atoms with Crippen LogP contribution in [0.2, 0.25) is 0 Å². The van der Waals surface area contributed by atoms with Crippen LogP contribution in [0.1, 0.15) is 0 Å². The Bertz CT molecular complexity index is 231. The normalized spacial score (nSPS) is 9.36. The molecular weight excluding hydrogens is 136 g/mol. The molecule has 0 fully saturated rings. The van der Waals surface area contributed by atoms with E-state index in [9.17, 15) is 0 Å². The quantitative estimate of drug-likeness (QED) is 0.624. The Hall–Kier alpha value is -1.18. The van der Waals surface area contributed by atoms with E-state index in [2.05, 4.69) is 22.3 Å². The molecule has 59 valence electrons. The first-order chi connectivity index (χ1) is 5.24. The molecule has 0 saturated carbocycles. The van der Waals surface area contributed by atoms with Crippen molar-refractivity contribution in [2.45, 2.75) is 0 Å². The predicted octanol–water partition coefficient (Wildman–Crippen LogP) is 1.62. The Labute approximate surface area is 67.8 Å². The molecule has 0 N–H and O–H groups in total. The Balaban J connectivity index is 2.91. The number of nitrogens with zero attached hydrogens (tertiary/aromatic N) is 2. The van der Waals surface area contributed by atoms with Crippen molar-refractivity contribution in [1.82, 2.24) is 5.32 Å². The molecule has 0 aliphatic heterocycles. The zero-order valence-corrected chi connectivity index (χ0v) is 7.20. The van der Waals surface area contributed by atoms with Crippen molar-refractivity contribution in [3.63, 3.8) is 0 Å². The number of hydrogen-bond donors (Lipinski definition) is 0. The lowest BCUT2D eigenvalue weighted by Crippen LogP contribution is -2.08. The van der Waals surface area contributed by atoms with Crippen LogP contribution in [-0.4, -0.2) is 21.1 Å². The minimum atomic E-state index is 1.02. The van der Waals surface area contributed by atoms with Crippen LogP contribution >= 0.6 is 0 Å². The summed E-state index contributed by atoms with van der Waals surface area (Å²) in [6.45, 7) is 0. The van der Waals surface area contributed by atoms with Gasteiger partial charge in [-0.25, -0.2) is 0 Å². The largest absolute Gasteiger partial charge is 0.378 e. The van der Waals surface area contributed by atoms with Crippen LogP contribution in [0.4, 0.5) is 11.4 Å².